The number of piperidine rings is 1. The summed E-state index contributed by atoms with van der Waals surface area (Å²) in [6.45, 7) is 2.00. The summed E-state index contributed by atoms with van der Waals surface area (Å²) in [5.41, 5.74) is 1.35. The maximum Gasteiger partial charge on any atom is 0.119 e. The van der Waals surface area contributed by atoms with Crippen molar-refractivity contribution in [2.24, 2.45) is 0 Å². The highest BCUT2D eigenvalue weighted by Crippen LogP contribution is 2.28. The van der Waals surface area contributed by atoms with Crippen molar-refractivity contribution in [3.05, 3.63) is 64.6 Å². The molecule has 3 heteroatoms. The van der Waals surface area contributed by atoms with Crippen LogP contribution < -0.4 is 10.1 Å². The lowest BCUT2D eigenvalue weighted by atomic mass is 9.89. The fourth-order valence-electron chi connectivity index (χ4n) is 2.70. The lowest BCUT2D eigenvalue weighted by Crippen LogP contribution is -2.41. The Morgan fingerprint density at radius 2 is 1.75 bits per heavy atom. The first-order chi connectivity index (χ1) is 9.83. The molecule has 3 rings (SSSR count). The van der Waals surface area contributed by atoms with E-state index < -0.39 is 0 Å². The van der Waals surface area contributed by atoms with Crippen LogP contribution in [0.3, 0.4) is 0 Å². The monoisotopic (exact) mass is 331 g/mol. The Bertz CT molecular complexity index is 541. The highest BCUT2D eigenvalue weighted by Gasteiger charge is 2.27. The maximum absolute atomic E-state index is 6.22. The van der Waals surface area contributed by atoms with Gasteiger partial charge in [0, 0.05) is 16.9 Å². The fourth-order valence-corrected chi connectivity index (χ4v) is 2.96. The molecular formula is C17H18BrNO. The SMILES string of the molecule is Brc1ccc(OC2CCNCC2c2ccccc2)cc1. The normalized spacial score (nSPS) is 22.4. The van der Waals surface area contributed by atoms with E-state index in [4.69, 9.17) is 4.74 Å². The summed E-state index contributed by atoms with van der Waals surface area (Å²) in [4.78, 5) is 0. The summed E-state index contributed by atoms with van der Waals surface area (Å²) in [5.74, 6) is 1.36. The van der Waals surface area contributed by atoms with Crippen molar-refractivity contribution in [1.82, 2.24) is 5.32 Å². The quantitative estimate of drug-likeness (QED) is 0.918. The molecule has 1 aliphatic rings. The predicted molar refractivity (Wildman–Crippen MR) is 85.2 cm³/mol. The Hall–Kier alpha value is -1.32. The van der Waals surface area contributed by atoms with Crippen molar-refractivity contribution in [2.75, 3.05) is 13.1 Å². The molecule has 0 aliphatic carbocycles. The second-order valence-electron chi connectivity index (χ2n) is 5.12. The largest absolute Gasteiger partial charge is 0.490 e. The highest BCUT2D eigenvalue weighted by molar-refractivity contribution is 9.10. The molecule has 0 amide bonds. The Kier molecular flexibility index (Phi) is 4.38. The number of rotatable bonds is 3. The van der Waals surface area contributed by atoms with E-state index in [1.165, 1.54) is 5.56 Å². The minimum atomic E-state index is 0.236. The first-order valence-electron chi connectivity index (χ1n) is 7.01. The van der Waals surface area contributed by atoms with Gasteiger partial charge in [0.15, 0.2) is 0 Å². The van der Waals surface area contributed by atoms with Crippen LogP contribution in [0, 0.1) is 0 Å². The molecule has 0 saturated carbocycles. The number of hydrogen-bond acceptors (Lipinski definition) is 2. The molecule has 1 aliphatic heterocycles. The van der Waals surface area contributed by atoms with Gasteiger partial charge in [-0.05, 0) is 42.8 Å². The van der Waals surface area contributed by atoms with Gasteiger partial charge >= 0.3 is 0 Å². The Labute approximate surface area is 128 Å². The van der Waals surface area contributed by atoms with Crippen molar-refractivity contribution in [2.45, 2.75) is 18.4 Å². The van der Waals surface area contributed by atoms with Crippen LogP contribution in [-0.2, 0) is 0 Å². The maximum atomic E-state index is 6.22. The summed E-state index contributed by atoms with van der Waals surface area (Å²) in [7, 11) is 0. The van der Waals surface area contributed by atoms with Crippen LogP contribution in [0.5, 0.6) is 5.75 Å². The third-order valence-electron chi connectivity index (χ3n) is 3.75. The van der Waals surface area contributed by atoms with Crippen LogP contribution in [-0.4, -0.2) is 19.2 Å². The molecule has 2 aromatic carbocycles. The fraction of sp³-hybridized carbons (Fsp3) is 0.294. The molecule has 2 nitrogen and oxygen atoms in total. The minimum absolute atomic E-state index is 0.236. The molecule has 1 fully saturated rings. The molecule has 2 atom stereocenters. The summed E-state index contributed by atoms with van der Waals surface area (Å²) < 4.78 is 7.29. The van der Waals surface area contributed by atoms with E-state index >= 15 is 0 Å². The molecule has 20 heavy (non-hydrogen) atoms. The molecule has 2 unspecified atom stereocenters. The lowest BCUT2D eigenvalue weighted by Gasteiger charge is -2.33. The van der Waals surface area contributed by atoms with Gasteiger partial charge in [-0.25, -0.2) is 0 Å². The van der Waals surface area contributed by atoms with E-state index in [1.807, 2.05) is 24.3 Å². The molecular weight excluding hydrogens is 314 g/mol. The molecule has 1 heterocycles. The Morgan fingerprint density at radius 3 is 2.50 bits per heavy atom. The summed E-state index contributed by atoms with van der Waals surface area (Å²) in [5, 5.41) is 3.47. The molecule has 0 bridgehead atoms. The van der Waals surface area contributed by atoms with E-state index in [0.717, 1.165) is 29.7 Å². The summed E-state index contributed by atoms with van der Waals surface area (Å²) >= 11 is 3.45. The van der Waals surface area contributed by atoms with Crippen LogP contribution in [0.15, 0.2) is 59.1 Å². The number of ether oxygens (including phenoxy) is 1. The third kappa shape index (κ3) is 3.22. The van der Waals surface area contributed by atoms with Gasteiger partial charge in [-0.3, -0.25) is 0 Å². The average molecular weight is 332 g/mol. The van der Waals surface area contributed by atoms with Crippen molar-refractivity contribution >= 4 is 15.9 Å². The van der Waals surface area contributed by atoms with Crippen LogP contribution >= 0.6 is 15.9 Å². The van der Waals surface area contributed by atoms with Crippen molar-refractivity contribution in [3.63, 3.8) is 0 Å². The van der Waals surface area contributed by atoms with Gasteiger partial charge in [0.1, 0.15) is 11.9 Å². The van der Waals surface area contributed by atoms with Gasteiger partial charge in [0.2, 0.25) is 0 Å². The minimum Gasteiger partial charge on any atom is -0.490 e. The zero-order valence-corrected chi connectivity index (χ0v) is 12.8. The van der Waals surface area contributed by atoms with Gasteiger partial charge in [0.05, 0.1) is 0 Å². The van der Waals surface area contributed by atoms with Gasteiger partial charge in [-0.1, -0.05) is 46.3 Å². The summed E-state index contributed by atoms with van der Waals surface area (Å²) in [6, 6.07) is 18.7. The number of halogens is 1. The second kappa shape index (κ2) is 6.42. The predicted octanol–water partition coefficient (Wildman–Crippen LogP) is 3.97. The molecule has 1 N–H and O–H groups in total. The topological polar surface area (TPSA) is 21.3 Å². The molecule has 1 saturated heterocycles. The number of benzene rings is 2. The smallest absolute Gasteiger partial charge is 0.119 e. The van der Waals surface area contributed by atoms with Crippen molar-refractivity contribution in [1.29, 1.82) is 0 Å². The Morgan fingerprint density at radius 1 is 1.00 bits per heavy atom. The van der Waals surface area contributed by atoms with Gasteiger partial charge in [-0.2, -0.15) is 0 Å². The van der Waals surface area contributed by atoms with E-state index in [2.05, 4.69) is 51.6 Å². The standard InChI is InChI=1S/C17H18BrNO/c18-14-6-8-15(9-7-14)20-17-10-11-19-12-16(17)13-4-2-1-3-5-13/h1-9,16-17,19H,10-12H2. The van der Waals surface area contributed by atoms with Crippen molar-refractivity contribution in [3.8, 4) is 5.75 Å². The van der Waals surface area contributed by atoms with Gasteiger partial charge in [-0.15, -0.1) is 0 Å². The van der Waals surface area contributed by atoms with E-state index in [0.29, 0.717) is 5.92 Å². The first-order valence-corrected chi connectivity index (χ1v) is 7.80. The van der Waals surface area contributed by atoms with Gasteiger partial charge < -0.3 is 10.1 Å². The van der Waals surface area contributed by atoms with Crippen LogP contribution in [0.4, 0.5) is 0 Å². The zero-order chi connectivity index (χ0) is 13.8. The second-order valence-corrected chi connectivity index (χ2v) is 6.04. The zero-order valence-electron chi connectivity index (χ0n) is 11.3. The van der Waals surface area contributed by atoms with Crippen molar-refractivity contribution < 1.29 is 4.74 Å². The molecule has 0 radical (unpaired) electrons. The van der Waals surface area contributed by atoms with Gasteiger partial charge in [0.25, 0.3) is 0 Å². The Balaban J connectivity index is 1.77. The highest BCUT2D eigenvalue weighted by atomic mass is 79.9. The van der Waals surface area contributed by atoms with Crippen LogP contribution in [0.25, 0.3) is 0 Å². The molecule has 2 aromatic rings. The van der Waals surface area contributed by atoms with Crippen LogP contribution in [0.1, 0.15) is 17.9 Å². The first kappa shape index (κ1) is 13.7. The van der Waals surface area contributed by atoms with E-state index in [1.54, 1.807) is 0 Å². The molecule has 0 aromatic heterocycles. The van der Waals surface area contributed by atoms with Crippen LogP contribution in [0.2, 0.25) is 0 Å². The summed E-state index contributed by atoms with van der Waals surface area (Å²) in [6.07, 6.45) is 1.27. The van der Waals surface area contributed by atoms with E-state index in [-0.39, 0.29) is 6.10 Å². The van der Waals surface area contributed by atoms with E-state index in [9.17, 15) is 0 Å². The molecule has 0 spiro atoms. The third-order valence-corrected chi connectivity index (χ3v) is 4.28. The molecule has 104 valence electrons. The lowest BCUT2D eigenvalue weighted by molar-refractivity contribution is 0.138. The number of nitrogens with one attached hydrogen (secondary N) is 1. The average Bonchev–Trinajstić information content (AvgIpc) is 2.51. The number of hydrogen-bond donors (Lipinski definition) is 1.